The standard InChI is InChI=1S/C17H20N4O3S/c1-3-21(11-13-7-6-12(2)23-13)17(22)18-10-15-19-16(24-20-15)9-14-5-4-8-25-14/h4-8H,3,9-11H2,1-2H3,(H,18,22). The van der Waals surface area contributed by atoms with Crippen LogP contribution in [0.5, 0.6) is 0 Å². The lowest BCUT2D eigenvalue weighted by molar-refractivity contribution is 0.192. The molecule has 0 spiro atoms. The Balaban J connectivity index is 1.51. The van der Waals surface area contributed by atoms with Crippen molar-refractivity contribution in [1.82, 2.24) is 20.4 Å². The molecule has 0 aliphatic carbocycles. The largest absolute Gasteiger partial charge is 0.464 e. The van der Waals surface area contributed by atoms with Crippen molar-refractivity contribution in [1.29, 1.82) is 0 Å². The summed E-state index contributed by atoms with van der Waals surface area (Å²) in [6.07, 6.45) is 0.609. The maximum Gasteiger partial charge on any atom is 0.318 e. The molecule has 3 rings (SSSR count). The monoisotopic (exact) mass is 360 g/mol. The second-order valence-corrected chi connectivity index (χ2v) is 6.58. The number of nitrogens with zero attached hydrogens (tertiary/aromatic N) is 3. The molecule has 132 valence electrons. The van der Waals surface area contributed by atoms with Crippen LogP contribution in [0.4, 0.5) is 4.79 Å². The molecule has 0 saturated carbocycles. The summed E-state index contributed by atoms with van der Waals surface area (Å²) in [5.74, 6) is 2.60. The zero-order valence-corrected chi connectivity index (χ0v) is 15.0. The van der Waals surface area contributed by atoms with Crippen LogP contribution >= 0.6 is 11.3 Å². The van der Waals surface area contributed by atoms with Crippen LogP contribution in [0, 0.1) is 6.92 Å². The summed E-state index contributed by atoms with van der Waals surface area (Å²) >= 11 is 1.64. The minimum absolute atomic E-state index is 0.193. The van der Waals surface area contributed by atoms with E-state index in [4.69, 9.17) is 8.94 Å². The van der Waals surface area contributed by atoms with Gasteiger partial charge in [0.05, 0.1) is 19.5 Å². The highest BCUT2D eigenvalue weighted by molar-refractivity contribution is 7.09. The lowest BCUT2D eigenvalue weighted by Crippen LogP contribution is -2.39. The molecular formula is C17H20N4O3S. The van der Waals surface area contributed by atoms with Crippen LogP contribution in [0.25, 0.3) is 0 Å². The Labute approximate surface area is 149 Å². The lowest BCUT2D eigenvalue weighted by Gasteiger charge is -2.19. The molecule has 0 saturated heterocycles. The first-order valence-electron chi connectivity index (χ1n) is 8.06. The maximum absolute atomic E-state index is 12.3. The van der Waals surface area contributed by atoms with E-state index in [9.17, 15) is 4.79 Å². The van der Waals surface area contributed by atoms with Crippen LogP contribution in [0.2, 0.25) is 0 Å². The van der Waals surface area contributed by atoms with Crippen molar-refractivity contribution >= 4 is 17.4 Å². The molecule has 0 fully saturated rings. The third kappa shape index (κ3) is 4.69. The molecule has 0 atom stereocenters. The van der Waals surface area contributed by atoms with E-state index < -0.39 is 0 Å². The van der Waals surface area contributed by atoms with Crippen LogP contribution in [0.1, 0.15) is 35.0 Å². The summed E-state index contributed by atoms with van der Waals surface area (Å²) in [5.41, 5.74) is 0. The zero-order valence-electron chi connectivity index (χ0n) is 14.2. The molecule has 0 bridgehead atoms. The predicted molar refractivity (Wildman–Crippen MR) is 93.2 cm³/mol. The van der Waals surface area contributed by atoms with Gasteiger partial charge in [0.2, 0.25) is 5.89 Å². The molecule has 25 heavy (non-hydrogen) atoms. The molecule has 8 heteroatoms. The molecule has 3 heterocycles. The number of furan rings is 1. The van der Waals surface area contributed by atoms with Crippen molar-refractivity contribution in [2.45, 2.75) is 33.4 Å². The Morgan fingerprint density at radius 3 is 2.92 bits per heavy atom. The van der Waals surface area contributed by atoms with E-state index in [1.807, 2.05) is 43.5 Å². The second-order valence-electron chi connectivity index (χ2n) is 5.55. The van der Waals surface area contributed by atoms with Crippen LogP contribution in [0.3, 0.4) is 0 Å². The Hall–Kier alpha value is -2.61. The molecular weight excluding hydrogens is 340 g/mol. The summed E-state index contributed by atoms with van der Waals surface area (Å²) in [7, 11) is 0. The first-order valence-corrected chi connectivity index (χ1v) is 8.94. The van der Waals surface area contributed by atoms with E-state index in [2.05, 4.69) is 15.5 Å². The average Bonchev–Trinajstić information content (AvgIpc) is 3.34. The number of rotatable bonds is 7. The van der Waals surface area contributed by atoms with Crippen molar-refractivity contribution in [2.75, 3.05) is 6.54 Å². The number of aromatic nitrogens is 2. The summed E-state index contributed by atoms with van der Waals surface area (Å²) < 4.78 is 10.7. The number of amides is 2. The van der Waals surface area contributed by atoms with E-state index >= 15 is 0 Å². The van der Waals surface area contributed by atoms with Crippen LogP contribution in [0.15, 0.2) is 38.6 Å². The molecule has 0 aromatic carbocycles. The van der Waals surface area contributed by atoms with Gasteiger partial charge in [-0.15, -0.1) is 11.3 Å². The number of thiophene rings is 1. The fourth-order valence-electron chi connectivity index (χ4n) is 2.35. The van der Waals surface area contributed by atoms with Crippen molar-refractivity contribution < 1.29 is 13.7 Å². The first-order chi connectivity index (χ1) is 12.1. The number of hydrogen-bond donors (Lipinski definition) is 1. The molecule has 0 aliphatic heterocycles. The Morgan fingerprint density at radius 1 is 1.36 bits per heavy atom. The lowest BCUT2D eigenvalue weighted by atomic mass is 10.3. The first kappa shape index (κ1) is 17.2. The minimum atomic E-state index is -0.193. The smallest absolute Gasteiger partial charge is 0.318 e. The molecule has 2 amide bonds. The number of hydrogen-bond acceptors (Lipinski definition) is 6. The van der Waals surface area contributed by atoms with Gasteiger partial charge in [0.15, 0.2) is 5.82 Å². The van der Waals surface area contributed by atoms with Gasteiger partial charge in [0.25, 0.3) is 0 Å². The highest BCUT2D eigenvalue weighted by Gasteiger charge is 2.15. The highest BCUT2D eigenvalue weighted by Crippen LogP contribution is 2.13. The van der Waals surface area contributed by atoms with Gasteiger partial charge in [-0.3, -0.25) is 0 Å². The third-order valence-corrected chi connectivity index (χ3v) is 4.50. The quantitative estimate of drug-likeness (QED) is 0.698. The van der Waals surface area contributed by atoms with E-state index in [0.29, 0.717) is 31.2 Å². The zero-order chi connectivity index (χ0) is 17.6. The molecule has 3 aromatic rings. The number of aryl methyl sites for hydroxylation is 1. The van der Waals surface area contributed by atoms with E-state index in [1.165, 1.54) is 0 Å². The second kappa shape index (κ2) is 7.98. The number of carbonyl (C=O) groups is 1. The van der Waals surface area contributed by atoms with Gasteiger partial charge in [0.1, 0.15) is 11.5 Å². The number of urea groups is 1. The maximum atomic E-state index is 12.3. The van der Waals surface area contributed by atoms with E-state index in [-0.39, 0.29) is 12.6 Å². The Bertz CT molecular complexity index is 810. The highest BCUT2D eigenvalue weighted by atomic mass is 32.1. The molecule has 0 aliphatic rings. The summed E-state index contributed by atoms with van der Waals surface area (Å²) in [5, 5.41) is 8.73. The fraction of sp³-hybridized carbons (Fsp3) is 0.353. The molecule has 0 radical (unpaired) electrons. The molecule has 1 N–H and O–H groups in total. The Morgan fingerprint density at radius 2 is 2.24 bits per heavy atom. The normalized spacial score (nSPS) is 10.8. The molecule has 7 nitrogen and oxygen atoms in total. The molecule has 0 unspecified atom stereocenters. The van der Waals surface area contributed by atoms with Crippen LogP contribution in [-0.4, -0.2) is 27.6 Å². The average molecular weight is 360 g/mol. The van der Waals surface area contributed by atoms with Gasteiger partial charge in [-0.1, -0.05) is 11.2 Å². The SMILES string of the molecule is CCN(Cc1ccc(C)o1)C(=O)NCc1noc(Cc2cccs2)n1. The van der Waals surface area contributed by atoms with Gasteiger partial charge >= 0.3 is 6.03 Å². The van der Waals surface area contributed by atoms with Crippen molar-refractivity contribution in [3.8, 4) is 0 Å². The number of carbonyl (C=O) groups excluding carboxylic acids is 1. The van der Waals surface area contributed by atoms with Crippen molar-refractivity contribution in [3.05, 3.63) is 57.8 Å². The molecule has 3 aromatic heterocycles. The summed E-state index contributed by atoms with van der Waals surface area (Å²) in [4.78, 5) is 19.4. The predicted octanol–water partition coefficient (Wildman–Crippen LogP) is 3.36. The van der Waals surface area contributed by atoms with Gasteiger partial charge < -0.3 is 19.2 Å². The third-order valence-electron chi connectivity index (χ3n) is 3.63. The van der Waals surface area contributed by atoms with Crippen LogP contribution in [-0.2, 0) is 19.5 Å². The number of nitrogens with one attached hydrogen (secondary N) is 1. The van der Waals surface area contributed by atoms with Crippen molar-refractivity contribution in [3.63, 3.8) is 0 Å². The van der Waals surface area contributed by atoms with Gasteiger partial charge in [-0.2, -0.15) is 4.98 Å². The van der Waals surface area contributed by atoms with Gasteiger partial charge in [-0.05, 0) is 37.4 Å². The van der Waals surface area contributed by atoms with Gasteiger partial charge in [-0.25, -0.2) is 4.79 Å². The minimum Gasteiger partial charge on any atom is -0.464 e. The fourth-order valence-corrected chi connectivity index (χ4v) is 3.04. The van der Waals surface area contributed by atoms with Gasteiger partial charge in [0, 0.05) is 11.4 Å². The topological polar surface area (TPSA) is 84.4 Å². The summed E-state index contributed by atoms with van der Waals surface area (Å²) in [6, 6.07) is 7.57. The summed E-state index contributed by atoms with van der Waals surface area (Å²) in [6.45, 7) is 5.01. The van der Waals surface area contributed by atoms with E-state index in [0.717, 1.165) is 16.4 Å². The van der Waals surface area contributed by atoms with E-state index in [1.54, 1.807) is 16.2 Å². The van der Waals surface area contributed by atoms with Crippen LogP contribution < -0.4 is 5.32 Å². The Kier molecular flexibility index (Phi) is 5.49. The van der Waals surface area contributed by atoms with Crippen molar-refractivity contribution in [2.24, 2.45) is 0 Å².